The lowest BCUT2D eigenvalue weighted by molar-refractivity contribution is -0.133. The molecule has 0 spiro atoms. The van der Waals surface area contributed by atoms with E-state index in [-0.39, 0.29) is 30.2 Å². The Labute approximate surface area is 135 Å². The van der Waals surface area contributed by atoms with Crippen molar-refractivity contribution in [2.75, 3.05) is 20.1 Å². The van der Waals surface area contributed by atoms with Crippen LogP contribution in [0.15, 0.2) is 18.2 Å². The van der Waals surface area contributed by atoms with Crippen molar-refractivity contribution < 1.29 is 13.6 Å². The van der Waals surface area contributed by atoms with Gasteiger partial charge in [0, 0.05) is 25.0 Å². The van der Waals surface area contributed by atoms with E-state index in [2.05, 4.69) is 5.32 Å². The van der Waals surface area contributed by atoms with E-state index in [0.29, 0.717) is 6.04 Å². The molecule has 3 rings (SSSR count). The van der Waals surface area contributed by atoms with Gasteiger partial charge >= 0.3 is 0 Å². The Morgan fingerprint density at radius 3 is 2.50 bits per heavy atom. The van der Waals surface area contributed by atoms with Crippen LogP contribution in [0.25, 0.3) is 0 Å². The third kappa shape index (κ3) is 3.41. The third-order valence-electron chi connectivity index (χ3n) is 4.69. The van der Waals surface area contributed by atoms with Crippen LogP contribution in [0.5, 0.6) is 0 Å². The molecule has 1 N–H and O–H groups in total. The SMILES string of the molecule is CNC1CCN(C(=O)C2CC2c2ccc(F)c(F)c2)CC1.Cl. The van der Waals surface area contributed by atoms with Gasteiger partial charge in [-0.2, -0.15) is 0 Å². The molecule has 6 heteroatoms. The number of hydrogen-bond donors (Lipinski definition) is 1. The summed E-state index contributed by atoms with van der Waals surface area (Å²) >= 11 is 0. The minimum atomic E-state index is -0.837. The molecule has 0 bridgehead atoms. The highest BCUT2D eigenvalue weighted by atomic mass is 35.5. The molecule has 122 valence electrons. The fraction of sp³-hybridized carbons (Fsp3) is 0.562. The Balaban J connectivity index is 0.00000176. The minimum absolute atomic E-state index is 0. The predicted octanol–water partition coefficient (Wildman–Crippen LogP) is 2.70. The number of piperidine rings is 1. The summed E-state index contributed by atoms with van der Waals surface area (Å²) in [5.74, 6) is -1.51. The molecule has 1 saturated carbocycles. The lowest BCUT2D eigenvalue weighted by Gasteiger charge is -2.32. The van der Waals surface area contributed by atoms with Gasteiger partial charge in [-0.15, -0.1) is 12.4 Å². The van der Waals surface area contributed by atoms with Crippen molar-refractivity contribution in [1.82, 2.24) is 10.2 Å². The van der Waals surface area contributed by atoms with E-state index in [1.807, 2.05) is 11.9 Å². The Bertz CT molecular complexity index is 547. The van der Waals surface area contributed by atoms with Crippen LogP contribution >= 0.6 is 12.4 Å². The normalized spacial score (nSPS) is 24.8. The molecule has 0 radical (unpaired) electrons. The summed E-state index contributed by atoms with van der Waals surface area (Å²) in [5.41, 5.74) is 0.734. The van der Waals surface area contributed by atoms with Gasteiger partial charge < -0.3 is 10.2 Å². The van der Waals surface area contributed by atoms with E-state index in [9.17, 15) is 13.6 Å². The topological polar surface area (TPSA) is 32.3 Å². The molecule has 1 aliphatic heterocycles. The van der Waals surface area contributed by atoms with E-state index in [1.54, 1.807) is 6.07 Å². The molecule has 1 amide bonds. The number of carbonyl (C=O) groups excluding carboxylic acids is 1. The molecule has 0 aromatic heterocycles. The molecular formula is C16H21ClF2N2O. The lowest BCUT2D eigenvalue weighted by atomic mass is 10.0. The van der Waals surface area contributed by atoms with Crippen LogP contribution in [0, 0.1) is 17.6 Å². The van der Waals surface area contributed by atoms with Crippen molar-refractivity contribution in [3.63, 3.8) is 0 Å². The number of likely N-dealkylation sites (tertiary alicyclic amines) is 1. The fourth-order valence-corrected chi connectivity index (χ4v) is 3.20. The Kier molecular flexibility index (Phi) is 5.40. The summed E-state index contributed by atoms with van der Waals surface area (Å²) in [6, 6.07) is 4.45. The zero-order chi connectivity index (χ0) is 15.0. The van der Waals surface area contributed by atoms with Gasteiger partial charge in [0.15, 0.2) is 11.6 Å². The maximum absolute atomic E-state index is 13.3. The number of halogens is 3. The summed E-state index contributed by atoms with van der Waals surface area (Å²) in [4.78, 5) is 14.3. The number of benzene rings is 1. The summed E-state index contributed by atoms with van der Waals surface area (Å²) in [6.45, 7) is 1.57. The number of nitrogens with one attached hydrogen (secondary N) is 1. The average molecular weight is 331 g/mol. The fourth-order valence-electron chi connectivity index (χ4n) is 3.20. The largest absolute Gasteiger partial charge is 0.342 e. The smallest absolute Gasteiger partial charge is 0.226 e. The summed E-state index contributed by atoms with van der Waals surface area (Å²) in [6.07, 6.45) is 2.70. The predicted molar refractivity (Wildman–Crippen MR) is 83.1 cm³/mol. The van der Waals surface area contributed by atoms with Crippen LogP contribution in [0.4, 0.5) is 8.78 Å². The molecular weight excluding hydrogens is 310 g/mol. The molecule has 1 aromatic rings. The molecule has 2 unspecified atom stereocenters. The average Bonchev–Trinajstić information content (AvgIpc) is 3.30. The number of amides is 1. The van der Waals surface area contributed by atoms with Crippen molar-refractivity contribution >= 4 is 18.3 Å². The highest BCUT2D eigenvalue weighted by molar-refractivity contribution is 5.85. The van der Waals surface area contributed by atoms with Crippen LogP contribution in [0.3, 0.4) is 0 Å². The maximum atomic E-state index is 13.3. The van der Waals surface area contributed by atoms with Crippen LogP contribution in [-0.4, -0.2) is 37.0 Å². The summed E-state index contributed by atoms with van der Waals surface area (Å²) in [7, 11) is 1.95. The van der Waals surface area contributed by atoms with Gasteiger partial charge in [-0.1, -0.05) is 6.07 Å². The van der Waals surface area contributed by atoms with E-state index in [0.717, 1.165) is 44.0 Å². The molecule has 1 aromatic carbocycles. The second-order valence-corrected chi connectivity index (χ2v) is 6.01. The first-order chi connectivity index (χ1) is 10.1. The van der Waals surface area contributed by atoms with E-state index in [1.165, 1.54) is 6.07 Å². The van der Waals surface area contributed by atoms with Gasteiger partial charge in [-0.3, -0.25) is 4.79 Å². The number of carbonyl (C=O) groups is 1. The van der Waals surface area contributed by atoms with Crippen molar-refractivity contribution in [2.45, 2.75) is 31.2 Å². The van der Waals surface area contributed by atoms with Crippen molar-refractivity contribution in [2.24, 2.45) is 5.92 Å². The number of hydrogen-bond acceptors (Lipinski definition) is 2. The van der Waals surface area contributed by atoms with Crippen LogP contribution in [0.2, 0.25) is 0 Å². The van der Waals surface area contributed by atoms with Gasteiger partial charge in [0.1, 0.15) is 0 Å². The van der Waals surface area contributed by atoms with Crippen LogP contribution in [-0.2, 0) is 4.79 Å². The molecule has 1 aliphatic carbocycles. The molecule has 1 saturated heterocycles. The molecule has 2 atom stereocenters. The second-order valence-electron chi connectivity index (χ2n) is 6.01. The first-order valence-corrected chi connectivity index (χ1v) is 7.51. The Hall–Kier alpha value is -1.20. The summed E-state index contributed by atoms with van der Waals surface area (Å²) < 4.78 is 26.2. The van der Waals surface area contributed by atoms with E-state index in [4.69, 9.17) is 0 Å². The molecule has 1 heterocycles. The van der Waals surface area contributed by atoms with Gasteiger partial charge in [0.05, 0.1) is 0 Å². The quantitative estimate of drug-likeness (QED) is 0.924. The first-order valence-electron chi connectivity index (χ1n) is 7.51. The van der Waals surface area contributed by atoms with Crippen LogP contribution in [0.1, 0.15) is 30.7 Å². The molecule has 3 nitrogen and oxygen atoms in total. The highest BCUT2D eigenvalue weighted by Crippen LogP contribution is 2.48. The number of rotatable bonds is 3. The second kappa shape index (κ2) is 6.92. The molecule has 2 aliphatic rings. The maximum Gasteiger partial charge on any atom is 0.226 e. The molecule has 22 heavy (non-hydrogen) atoms. The summed E-state index contributed by atoms with van der Waals surface area (Å²) in [5, 5.41) is 3.24. The molecule has 2 fully saturated rings. The van der Waals surface area contributed by atoms with E-state index >= 15 is 0 Å². The zero-order valence-electron chi connectivity index (χ0n) is 12.5. The Morgan fingerprint density at radius 1 is 1.23 bits per heavy atom. The van der Waals surface area contributed by atoms with Gasteiger partial charge in [-0.05, 0) is 49.9 Å². The minimum Gasteiger partial charge on any atom is -0.342 e. The standard InChI is InChI=1S/C16H20F2N2O.ClH/c1-19-11-4-6-20(7-5-11)16(21)13-9-12(13)10-2-3-14(17)15(18)8-10;/h2-3,8,11-13,19H,4-7,9H2,1H3;1H. The van der Waals surface area contributed by atoms with Gasteiger partial charge in [0.2, 0.25) is 5.91 Å². The van der Waals surface area contributed by atoms with E-state index < -0.39 is 11.6 Å². The van der Waals surface area contributed by atoms with Gasteiger partial charge in [-0.25, -0.2) is 8.78 Å². The highest BCUT2D eigenvalue weighted by Gasteiger charge is 2.46. The zero-order valence-corrected chi connectivity index (χ0v) is 13.3. The van der Waals surface area contributed by atoms with Crippen molar-refractivity contribution in [1.29, 1.82) is 0 Å². The third-order valence-corrected chi connectivity index (χ3v) is 4.69. The first kappa shape index (κ1) is 17.2. The van der Waals surface area contributed by atoms with Gasteiger partial charge in [0.25, 0.3) is 0 Å². The number of nitrogens with zero attached hydrogens (tertiary/aromatic N) is 1. The van der Waals surface area contributed by atoms with Crippen LogP contribution < -0.4 is 5.32 Å². The monoisotopic (exact) mass is 330 g/mol. The lowest BCUT2D eigenvalue weighted by Crippen LogP contribution is -2.44. The van der Waals surface area contributed by atoms with Crippen molar-refractivity contribution in [3.8, 4) is 0 Å². The van der Waals surface area contributed by atoms with Crippen molar-refractivity contribution in [3.05, 3.63) is 35.4 Å². The Morgan fingerprint density at radius 2 is 1.91 bits per heavy atom.